The van der Waals surface area contributed by atoms with Crippen LogP contribution in [0.15, 0.2) is 47.4 Å². The molecule has 0 saturated heterocycles. The topological polar surface area (TPSA) is 72.2 Å². The summed E-state index contributed by atoms with van der Waals surface area (Å²) in [4.78, 5) is -0.0454. The Bertz CT molecular complexity index is 719. The Morgan fingerprint density at radius 1 is 1.16 bits per heavy atom. The monoisotopic (exact) mass is 300 g/mol. The number of nitrogen functional groups attached to an aromatic ring is 1. The summed E-state index contributed by atoms with van der Waals surface area (Å²) in [5, 5.41) is 0.141. The molecule has 4 nitrogen and oxygen atoms in total. The molecule has 3 N–H and O–H groups in total. The molecule has 0 spiro atoms. The van der Waals surface area contributed by atoms with Crippen molar-refractivity contribution in [1.29, 1.82) is 0 Å². The minimum Gasteiger partial charge on any atom is -0.398 e. The smallest absolute Gasteiger partial charge is 0.261 e. The Hall–Kier alpha value is -1.79. The number of benzene rings is 2. The standard InChI is InChI=1S/C12H10ClFN2O2S/c13-11-7-10(4-5-12(11)15)19(17,18)16-9-3-1-2-8(14)6-9/h1-7,16H,15H2. The molecule has 0 fully saturated rings. The SMILES string of the molecule is Nc1ccc(S(=O)(=O)Nc2cccc(F)c2)cc1Cl. The van der Waals surface area contributed by atoms with Gasteiger partial charge < -0.3 is 5.73 Å². The molecule has 0 aliphatic rings. The lowest BCUT2D eigenvalue weighted by Crippen LogP contribution is -2.13. The van der Waals surface area contributed by atoms with Gasteiger partial charge in [-0.1, -0.05) is 17.7 Å². The summed E-state index contributed by atoms with van der Waals surface area (Å²) in [6.45, 7) is 0. The molecule has 0 heterocycles. The molecule has 100 valence electrons. The van der Waals surface area contributed by atoms with E-state index in [1.54, 1.807) is 0 Å². The second-order valence-corrected chi connectivity index (χ2v) is 5.89. The van der Waals surface area contributed by atoms with Crippen LogP contribution in [0.3, 0.4) is 0 Å². The van der Waals surface area contributed by atoms with E-state index in [2.05, 4.69) is 4.72 Å². The zero-order valence-electron chi connectivity index (χ0n) is 9.60. The van der Waals surface area contributed by atoms with E-state index >= 15 is 0 Å². The lowest BCUT2D eigenvalue weighted by atomic mass is 10.3. The van der Waals surface area contributed by atoms with Crippen LogP contribution in [0, 0.1) is 5.82 Å². The first-order valence-corrected chi connectivity index (χ1v) is 7.08. The Kier molecular flexibility index (Phi) is 3.64. The molecular formula is C12H10ClFN2O2S. The maximum absolute atomic E-state index is 13.0. The summed E-state index contributed by atoms with van der Waals surface area (Å²) in [5.74, 6) is -0.532. The van der Waals surface area contributed by atoms with Gasteiger partial charge in [0, 0.05) is 0 Å². The minimum absolute atomic E-state index is 0.0454. The lowest BCUT2D eigenvalue weighted by molar-refractivity contribution is 0.601. The summed E-state index contributed by atoms with van der Waals surface area (Å²) in [7, 11) is -3.83. The molecule has 0 amide bonds. The van der Waals surface area contributed by atoms with Crippen molar-refractivity contribution in [2.45, 2.75) is 4.90 Å². The van der Waals surface area contributed by atoms with Gasteiger partial charge in [0.25, 0.3) is 10.0 Å². The number of hydrogen-bond acceptors (Lipinski definition) is 3. The van der Waals surface area contributed by atoms with Gasteiger partial charge in [0.15, 0.2) is 0 Å². The van der Waals surface area contributed by atoms with Crippen LogP contribution in [0.4, 0.5) is 15.8 Å². The highest BCUT2D eigenvalue weighted by atomic mass is 35.5. The summed E-state index contributed by atoms with van der Waals surface area (Å²) in [5.41, 5.74) is 5.92. The highest BCUT2D eigenvalue weighted by Gasteiger charge is 2.15. The number of halogens is 2. The normalized spacial score (nSPS) is 11.3. The quantitative estimate of drug-likeness (QED) is 0.856. The Labute approximate surface area is 115 Å². The molecule has 2 aromatic rings. The van der Waals surface area contributed by atoms with Crippen LogP contribution in [0.25, 0.3) is 0 Å². The fourth-order valence-corrected chi connectivity index (χ4v) is 2.76. The van der Waals surface area contributed by atoms with Crippen molar-refractivity contribution in [1.82, 2.24) is 0 Å². The third kappa shape index (κ3) is 3.15. The molecule has 0 aromatic heterocycles. The maximum Gasteiger partial charge on any atom is 0.261 e. The van der Waals surface area contributed by atoms with E-state index in [9.17, 15) is 12.8 Å². The van der Waals surface area contributed by atoms with E-state index in [1.807, 2.05) is 0 Å². The predicted octanol–water partition coefficient (Wildman–Crippen LogP) is 2.86. The number of hydrogen-bond donors (Lipinski definition) is 2. The molecule has 2 rings (SSSR count). The summed E-state index contributed by atoms with van der Waals surface area (Å²) < 4.78 is 39.3. The molecule has 0 unspecified atom stereocenters. The van der Waals surface area contributed by atoms with Gasteiger partial charge in [-0.15, -0.1) is 0 Å². The van der Waals surface area contributed by atoms with E-state index in [0.29, 0.717) is 0 Å². The molecule has 0 atom stereocenters. The highest BCUT2D eigenvalue weighted by Crippen LogP contribution is 2.24. The fourth-order valence-electron chi connectivity index (χ4n) is 1.44. The number of nitrogens with two attached hydrogens (primary N) is 1. The molecule has 0 saturated carbocycles. The van der Waals surface area contributed by atoms with Crippen LogP contribution in [0.5, 0.6) is 0 Å². The highest BCUT2D eigenvalue weighted by molar-refractivity contribution is 7.92. The molecule has 7 heteroatoms. The largest absolute Gasteiger partial charge is 0.398 e. The van der Waals surface area contributed by atoms with Gasteiger partial charge in [-0.2, -0.15) is 0 Å². The van der Waals surface area contributed by atoms with Crippen molar-refractivity contribution >= 4 is 33.0 Å². The first kappa shape index (κ1) is 13.6. The first-order chi connectivity index (χ1) is 8.88. The molecular weight excluding hydrogens is 291 g/mol. The average molecular weight is 301 g/mol. The fraction of sp³-hybridized carbons (Fsp3) is 0. The van der Waals surface area contributed by atoms with Crippen LogP contribution in [0.2, 0.25) is 5.02 Å². The Morgan fingerprint density at radius 3 is 2.53 bits per heavy atom. The Morgan fingerprint density at radius 2 is 1.89 bits per heavy atom. The van der Waals surface area contributed by atoms with Crippen molar-refractivity contribution in [3.05, 3.63) is 53.3 Å². The van der Waals surface area contributed by atoms with Crippen molar-refractivity contribution in [2.75, 3.05) is 10.5 Å². The molecule has 19 heavy (non-hydrogen) atoms. The van der Waals surface area contributed by atoms with E-state index in [-0.39, 0.29) is 21.3 Å². The molecule has 0 bridgehead atoms. The average Bonchev–Trinajstić information content (AvgIpc) is 2.32. The summed E-state index contributed by atoms with van der Waals surface area (Å²) in [6, 6.07) is 9.10. The van der Waals surface area contributed by atoms with Gasteiger partial charge in [0.1, 0.15) is 5.82 Å². The summed E-state index contributed by atoms with van der Waals surface area (Å²) >= 11 is 5.77. The van der Waals surface area contributed by atoms with Crippen LogP contribution in [-0.4, -0.2) is 8.42 Å². The van der Waals surface area contributed by atoms with Gasteiger partial charge in [-0.25, -0.2) is 12.8 Å². The molecule has 0 aliphatic heterocycles. The van der Waals surface area contributed by atoms with Gasteiger partial charge >= 0.3 is 0 Å². The second kappa shape index (κ2) is 5.07. The Balaban J connectivity index is 2.35. The zero-order valence-corrected chi connectivity index (χ0v) is 11.2. The first-order valence-electron chi connectivity index (χ1n) is 5.22. The van der Waals surface area contributed by atoms with Crippen LogP contribution >= 0.6 is 11.6 Å². The molecule has 2 aromatic carbocycles. The third-order valence-corrected chi connectivity index (χ3v) is 4.07. The summed E-state index contributed by atoms with van der Waals surface area (Å²) in [6.07, 6.45) is 0. The number of rotatable bonds is 3. The van der Waals surface area contributed by atoms with E-state index in [4.69, 9.17) is 17.3 Å². The van der Waals surface area contributed by atoms with Crippen molar-refractivity contribution in [3.8, 4) is 0 Å². The zero-order chi connectivity index (χ0) is 14.0. The third-order valence-electron chi connectivity index (χ3n) is 2.36. The van der Waals surface area contributed by atoms with E-state index in [0.717, 1.165) is 6.07 Å². The van der Waals surface area contributed by atoms with Gasteiger partial charge in [0.2, 0.25) is 0 Å². The molecule has 0 aliphatic carbocycles. The lowest BCUT2D eigenvalue weighted by Gasteiger charge is -2.09. The van der Waals surface area contributed by atoms with Gasteiger partial charge in [0.05, 0.1) is 21.3 Å². The van der Waals surface area contributed by atoms with E-state index < -0.39 is 15.8 Å². The number of nitrogens with one attached hydrogen (secondary N) is 1. The van der Waals surface area contributed by atoms with E-state index in [1.165, 1.54) is 36.4 Å². The van der Waals surface area contributed by atoms with Crippen LogP contribution in [-0.2, 0) is 10.0 Å². The number of anilines is 2. The molecule has 0 radical (unpaired) electrons. The van der Waals surface area contributed by atoms with Crippen molar-refractivity contribution in [2.24, 2.45) is 0 Å². The number of sulfonamides is 1. The van der Waals surface area contributed by atoms with Crippen LogP contribution < -0.4 is 10.5 Å². The van der Waals surface area contributed by atoms with Crippen molar-refractivity contribution in [3.63, 3.8) is 0 Å². The van der Waals surface area contributed by atoms with Gasteiger partial charge in [-0.05, 0) is 36.4 Å². The van der Waals surface area contributed by atoms with Crippen LogP contribution in [0.1, 0.15) is 0 Å². The minimum atomic E-state index is -3.83. The maximum atomic E-state index is 13.0. The predicted molar refractivity (Wildman–Crippen MR) is 73.1 cm³/mol. The van der Waals surface area contributed by atoms with Gasteiger partial charge in [-0.3, -0.25) is 4.72 Å². The second-order valence-electron chi connectivity index (χ2n) is 3.80. The van der Waals surface area contributed by atoms with Crippen molar-refractivity contribution < 1.29 is 12.8 Å².